The van der Waals surface area contributed by atoms with Crippen molar-refractivity contribution in [3.8, 4) is 0 Å². The molecule has 23 heavy (non-hydrogen) atoms. The van der Waals surface area contributed by atoms with E-state index in [0.29, 0.717) is 13.1 Å². The zero-order chi connectivity index (χ0) is 15.5. The fourth-order valence-electron chi connectivity index (χ4n) is 2.55. The molecule has 7 heteroatoms. The summed E-state index contributed by atoms with van der Waals surface area (Å²) in [5.74, 6) is 0.112. The van der Waals surface area contributed by atoms with E-state index < -0.39 is 0 Å². The van der Waals surface area contributed by atoms with Gasteiger partial charge in [-0.05, 0) is 24.3 Å². The molecule has 0 fully saturated rings. The Morgan fingerprint density at radius 2 is 2.13 bits per heavy atom. The summed E-state index contributed by atoms with van der Waals surface area (Å²) in [4.78, 5) is 17.5. The van der Waals surface area contributed by atoms with E-state index in [4.69, 9.17) is 11.6 Å². The number of nitrogens with zero attached hydrogens (tertiary/aromatic N) is 2. The van der Waals surface area contributed by atoms with Crippen molar-refractivity contribution in [1.29, 1.82) is 0 Å². The number of rotatable bonds is 4. The molecule has 0 aliphatic carbocycles. The lowest BCUT2D eigenvalue weighted by atomic mass is 10.2. The Hall–Kier alpha value is -1.43. The van der Waals surface area contributed by atoms with E-state index in [1.54, 1.807) is 4.90 Å². The van der Waals surface area contributed by atoms with Crippen LogP contribution in [0.4, 0.5) is 11.4 Å². The van der Waals surface area contributed by atoms with Crippen LogP contribution in [0.15, 0.2) is 36.4 Å². The second-order valence-electron chi connectivity index (χ2n) is 5.32. The zero-order valence-corrected chi connectivity index (χ0v) is 15.2. The van der Waals surface area contributed by atoms with Crippen molar-refractivity contribution in [1.82, 2.24) is 4.90 Å². The maximum absolute atomic E-state index is 12.5. The van der Waals surface area contributed by atoms with E-state index in [2.05, 4.69) is 10.2 Å². The van der Waals surface area contributed by atoms with E-state index in [1.807, 2.05) is 43.4 Å². The summed E-state index contributed by atoms with van der Waals surface area (Å²) in [6.07, 6.45) is 0. The first kappa shape index (κ1) is 17.9. The van der Waals surface area contributed by atoms with Gasteiger partial charge in [0.15, 0.2) is 0 Å². The van der Waals surface area contributed by atoms with Crippen molar-refractivity contribution >= 4 is 52.6 Å². The number of carbonyl (C=O) groups excluding carboxylic acids is 1. The topological polar surface area (TPSA) is 35.6 Å². The van der Waals surface area contributed by atoms with E-state index in [9.17, 15) is 4.79 Å². The molecule has 0 bridgehead atoms. The van der Waals surface area contributed by atoms with E-state index in [0.717, 1.165) is 33.7 Å². The van der Waals surface area contributed by atoms with Crippen LogP contribution < -0.4 is 10.2 Å². The fraction of sp³-hybridized carbons (Fsp3) is 0.312. The molecule has 1 amide bonds. The van der Waals surface area contributed by atoms with Crippen LogP contribution in [0, 0.1) is 0 Å². The molecule has 4 nitrogen and oxygen atoms in total. The second-order valence-corrected chi connectivity index (χ2v) is 7.12. The predicted octanol–water partition coefficient (Wildman–Crippen LogP) is 3.71. The third kappa shape index (κ3) is 4.31. The van der Waals surface area contributed by atoms with Gasteiger partial charge in [0.05, 0.1) is 28.8 Å². The van der Waals surface area contributed by atoms with Crippen LogP contribution in [0.25, 0.3) is 0 Å². The highest BCUT2D eigenvalue weighted by atomic mass is 35.5. The monoisotopic (exact) mass is 371 g/mol. The molecule has 0 radical (unpaired) electrons. The summed E-state index contributed by atoms with van der Waals surface area (Å²) in [5, 5.41) is 3.36. The van der Waals surface area contributed by atoms with Gasteiger partial charge < -0.3 is 15.1 Å². The maximum atomic E-state index is 12.5. The normalized spacial score (nSPS) is 12.9. The first-order valence-electron chi connectivity index (χ1n) is 7.19. The minimum absolute atomic E-state index is 0. The molecule has 1 N–H and O–H groups in total. The van der Waals surface area contributed by atoms with Crippen LogP contribution in [0.3, 0.4) is 0 Å². The molecule has 0 atom stereocenters. The van der Waals surface area contributed by atoms with Crippen LogP contribution in [0.5, 0.6) is 0 Å². The molecular formula is C16H19Cl2N3OS. The summed E-state index contributed by atoms with van der Waals surface area (Å²) in [6, 6.07) is 11.9. The highest BCUT2D eigenvalue weighted by Gasteiger charge is 2.20. The molecule has 1 aromatic heterocycles. The Morgan fingerprint density at radius 1 is 1.35 bits per heavy atom. The Labute approximate surface area is 151 Å². The quantitative estimate of drug-likeness (QED) is 0.889. The minimum atomic E-state index is 0. The minimum Gasteiger partial charge on any atom is -0.382 e. The van der Waals surface area contributed by atoms with Gasteiger partial charge >= 0.3 is 0 Å². The van der Waals surface area contributed by atoms with Crippen molar-refractivity contribution in [2.24, 2.45) is 0 Å². The zero-order valence-electron chi connectivity index (χ0n) is 12.8. The lowest BCUT2D eigenvalue weighted by Gasteiger charge is -2.32. The molecule has 3 rings (SSSR count). The first-order chi connectivity index (χ1) is 10.6. The Bertz CT molecular complexity index is 677. The van der Waals surface area contributed by atoms with E-state index >= 15 is 0 Å². The molecular weight excluding hydrogens is 353 g/mol. The number of benzene rings is 1. The smallest absolute Gasteiger partial charge is 0.242 e. The summed E-state index contributed by atoms with van der Waals surface area (Å²) >= 11 is 7.45. The summed E-state index contributed by atoms with van der Waals surface area (Å²) in [6.45, 7) is 2.69. The number of hydrogen-bond donors (Lipinski definition) is 1. The van der Waals surface area contributed by atoms with Gasteiger partial charge in [0.1, 0.15) is 0 Å². The van der Waals surface area contributed by atoms with Crippen LogP contribution in [0.2, 0.25) is 4.34 Å². The van der Waals surface area contributed by atoms with Crippen LogP contribution in [0.1, 0.15) is 4.88 Å². The lowest BCUT2D eigenvalue weighted by molar-refractivity contribution is -0.128. The van der Waals surface area contributed by atoms with Gasteiger partial charge in [-0.25, -0.2) is 0 Å². The number of thiophene rings is 1. The van der Waals surface area contributed by atoms with Crippen molar-refractivity contribution < 1.29 is 4.79 Å². The molecule has 0 saturated heterocycles. The molecule has 1 aliphatic heterocycles. The predicted molar refractivity (Wildman–Crippen MR) is 100 cm³/mol. The van der Waals surface area contributed by atoms with Crippen molar-refractivity contribution in [3.63, 3.8) is 0 Å². The highest BCUT2D eigenvalue weighted by molar-refractivity contribution is 7.16. The van der Waals surface area contributed by atoms with Gasteiger partial charge in [-0.2, -0.15) is 0 Å². The lowest BCUT2D eigenvalue weighted by Crippen LogP contribution is -2.42. The molecule has 1 aromatic carbocycles. The molecule has 1 aliphatic rings. The largest absolute Gasteiger partial charge is 0.382 e. The Balaban J connectivity index is 0.00000192. The number of hydrogen-bond acceptors (Lipinski definition) is 4. The third-order valence-corrected chi connectivity index (χ3v) is 4.93. The average molecular weight is 372 g/mol. The second kappa shape index (κ2) is 7.90. The fourth-order valence-corrected chi connectivity index (χ4v) is 3.69. The SMILES string of the molecule is CN(Cc1ccc(Cl)s1)C(=O)CN1CCNc2ccccc21.Cl. The Morgan fingerprint density at radius 3 is 2.87 bits per heavy atom. The van der Waals surface area contributed by atoms with Gasteiger partial charge in [-0.3, -0.25) is 4.79 Å². The number of fused-ring (bicyclic) bond motifs is 1. The van der Waals surface area contributed by atoms with Crippen molar-refractivity contribution in [3.05, 3.63) is 45.6 Å². The molecule has 0 unspecified atom stereocenters. The van der Waals surface area contributed by atoms with Gasteiger partial charge in [0, 0.05) is 25.0 Å². The molecule has 124 valence electrons. The molecule has 0 saturated carbocycles. The summed E-state index contributed by atoms with van der Waals surface area (Å²) in [7, 11) is 1.84. The maximum Gasteiger partial charge on any atom is 0.242 e. The number of amides is 1. The molecule has 2 aromatic rings. The van der Waals surface area contributed by atoms with Crippen LogP contribution in [-0.2, 0) is 11.3 Å². The Kier molecular flexibility index (Phi) is 6.16. The number of halogens is 2. The molecule has 2 heterocycles. The van der Waals surface area contributed by atoms with Gasteiger partial charge in [-0.1, -0.05) is 23.7 Å². The summed E-state index contributed by atoms with van der Waals surface area (Å²) in [5.41, 5.74) is 2.18. The van der Waals surface area contributed by atoms with Gasteiger partial charge in [0.25, 0.3) is 0 Å². The van der Waals surface area contributed by atoms with E-state index in [1.165, 1.54) is 11.3 Å². The average Bonchev–Trinajstić information content (AvgIpc) is 2.92. The molecule has 0 spiro atoms. The van der Waals surface area contributed by atoms with Crippen LogP contribution in [-0.4, -0.2) is 37.5 Å². The standard InChI is InChI=1S/C16H18ClN3OS.ClH/c1-19(10-12-6-7-15(17)22-12)16(21)11-20-9-8-18-13-4-2-3-5-14(13)20;/h2-7,18H,8-11H2,1H3;1H. The van der Waals surface area contributed by atoms with Crippen molar-refractivity contribution in [2.45, 2.75) is 6.54 Å². The number of para-hydroxylation sites is 2. The number of likely N-dealkylation sites (N-methyl/N-ethyl adjacent to an activating group) is 1. The number of anilines is 2. The highest BCUT2D eigenvalue weighted by Crippen LogP contribution is 2.28. The van der Waals surface area contributed by atoms with Crippen LogP contribution >= 0.6 is 35.3 Å². The first-order valence-corrected chi connectivity index (χ1v) is 8.39. The number of carbonyl (C=O) groups is 1. The third-order valence-electron chi connectivity index (χ3n) is 3.72. The van der Waals surface area contributed by atoms with Crippen molar-refractivity contribution in [2.75, 3.05) is 36.9 Å². The van der Waals surface area contributed by atoms with Gasteiger partial charge in [-0.15, -0.1) is 23.7 Å². The van der Waals surface area contributed by atoms with Gasteiger partial charge in [0.2, 0.25) is 5.91 Å². The number of nitrogens with one attached hydrogen (secondary N) is 1. The van der Waals surface area contributed by atoms with E-state index in [-0.39, 0.29) is 18.3 Å². The summed E-state index contributed by atoms with van der Waals surface area (Å²) < 4.78 is 0.756.